The minimum atomic E-state index is 0.134. The van der Waals surface area contributed by atoms with Crippen LogP contribution in [0.1, 0.15) is 16.8 Å². The van der Waals surface area contributed by atoms with Crippen molar-refractivity contribution in [1.29, 1.82) is 0 Å². The van der Waals surface area contributed by atoms with Gasteiger partial charge in [0.1, 0.15) is 5.82 Å². The van der Waals surface area contributed by atoms with E-state index >= 15 is 0 Å². The molecule has 0 aliphatic carbocycles. The van der Waals surface area contributed by atoms with Gasteiger partial charge in [-0.1, -0.05) is 66.2 Å². The molecule has 0 radical (unpaired) electrons. The fourth-order valence-electron chi connectivity index (χ4n) is 3.56. The topological polar surface area (TPSA) is 99.1 Å². The van der Waals surface area contributed by atoms with E-state index in [9.17, 15) is 0 Å². The lowest BCUT2D eigenvalue weighted by molar-refractivity contribution is 0.105. The number of nitrogens with one attached hydrogen (secondary N) is 1. The number of nitrogens with zero attached hydrogens (tertiary/aromatic N) is 2. The standard InChI is InChI=1S/C26H26ClN5O/c27-21-10-6-18(7-11-21)14-15-30-22-12-8-20(9-13-22)24-23(31-26(29)32-25(24)28)17-33-16-19-4-2-1-3-5-19/h1-13,30H,14-17H2,(H4,28,29,31,32). The van der Waals surface area contributed by atoms with Crippen LogP contribution in [0.15, 0.2) is 78.9 Å². The Kier molecular flexibility index (Phi) is 7.40. The van der Waals surface area contributed by atoms with Gasteiger partial charge in [0.05, 0.1) is 18.9 Å². The van der Waals surface area contributed by atoms with E-state index in [1.54, 1.807) is 0 Å². The fraction of sp³-hybridized carbons (Fsp3) is 0.154. The Morgan fingerprint density at radius 3 is 2.24 bits per heavy atom. The first-order chi connectivity index (χ1) is 16.1. The molecule has 0 atom stereocenters. The molecular weight excluding hydrogens is 434 g/mol. The predicted molar refractivity (Wildman–Crippen MR) is 135 cm³/mol. The lowest BCUT2D eigenvalue weighted by Gasteiger charge is -2.14. The van der Waals surface area contributed by atoms with Crippen molar-refractivity contribution >= 4 is 29.1 Å². The summed E-state index contributed by atoms with van der Waals surface area (Å²) in [6, 6.07) is 25.9. The first-order valence-electron chi connectivity index (χ1n) is 10.7. The summed E-state index contributed by atoms with van der Waals surface area (Å²) in [5.41, 5.74) is 17.7. The van der Waals surface area contributed by atoms with E-state index in [1.165, 1.54) is 5.56 Å². The molecule has 168 valence electrons. The number of rotatable bonds is 9. The molecular formula is C26H26ClN5O. The van der Waals surface area contributed by atoms with Crippen molar-refractivity contribution < 1.29 is 4.74 Å². The van der Waals surface area contributed by atoms with Crippen molar-refractivity contribution in [3.63, 3.8) is 0 Å². The van der Waals surface area contributed by atoms with Crippen molar-refractivity contribution in [3.05, 3.63) is 101 Å². The number of aromatic nitrogens is 2. The molecule has 0 aliphatic rings. The molecule has 1 heterocycles. The molecule has 5 N–H and O–H groups in total. The zero-order valence-electron chi connectivity index (χ0n) is 18.2. The Balaban J connectivity index is 1.42. The van der Waals surface area contributed by atoms with Crippen LogP contribution in [-0.4, -0.2) is 16.5 Å². The average molecular weight is 460 g/mol. The third-order valence-electron chi connectivity index (χ3n) is 5.21. The molecule has 4 aromatic rings. The van der Waals surface area contributed by atoms with E-state index in [0.717, 1.165) is 40.4 Å². The van der Waals surface area contributed by atoms with Crippen LogP contribution in [-0.2, 0) is 24.4 Å². The second kappa shape index (κ2) is 10.8. The molecule has 0 spiro atoms. The largest absolute Gasteiger partial charge is 0.385 e. The average Bonchev–Trinajstić information content (AvgIpc) is 2.81. The summed E-state index contributed by atoms with van der Waals surface area (Å²) in [7, 11) is 0. The maximum Gasteiger partial charge on any atom is 0.222 e. The normalized spacial score (nSPS) is 10.8. The molecule has 33 heavy (non-hydrogen) atoms. The number of nitrogens with two attached hydrogens (primary N) is 2. The van der Waals surface area contributed by atoms with Gasteiger partial charge in [-0.25, -0.2) is 4.98 Å². The first-order valence-corrected chi connectivity index (χ1v) is 11.1. The molecule has 0 fully saturated rings. The van der Waals surface area contributed by atoms with Crippen molar-refractivity contribution in [1.82, 2.24) is 9.97 Å². The Bertz CT molecular complexity index is 1180. The van der Waals surface area contributed by atoms with Crippen LogP contribution in [0.2, 0.25) is 5.02 Å². The van der Waals surface area contributed by atoms with E-state index in [4.69, 9.17) is 27.8 Å². The number of ether oxygens (including phenoxy) is 1. The van der Waals surface area contributed by atoms with E-state index < -0.39 is 0 Å². The quantitative estimate of drug-likeness (QED) is 0.312. The number of hydrogen-bond acceptors (Lipinski definition) is 6. The highest BCUT2D eigenvalue weighted by Crippen LogP contribution is 2.30. The van der Waals surface area contributed by atoms with Gasteiger partial charge in [-0.05, 0) is 47.4 Å². The highest BCUT2D eigenvalue weighted by atomic mass is 35.5. The number of anilines is 3. The monoisotopic (exact) mass is 459 g/mol. The zero-order valence-corrected chi connectivity index (χ0v) is 18.9. The van der Waals surface area contributed by atoms with E-state index in [-0.39, 0.29) is 12.6 Å². The molecule has 1 aromatic heterocycles. The number of nitrogen functional groups attached to an aromatic ring is 2. The molecule has 0 bridgehead atoms. The Morgan fingerprint density at radius 1 is 0.788 bits per heavy atom. The minimum absolute atomic E-state index is 0.134. The molecule has 0 aliphatic heterocycles. The van der Waals surface area contributed by atoms with E-state index in [0.29, 0.717) is 18.1 Å². The van der Waals surface area contributed by atoms with Crippen LogP contribution >= 0.6 is 11.6 Å². The molecule has 4 rings (SSSR count). The number of benzene rings is 3. The third kappa shape index (κ3) is 6.22. The van der Waals surface area contributed by atoms with Gasteiger partial charge in [0.25, 0.3) is 0 Å². The highest BCUT2D eigenvalue weighted by molar-refractivity contribution is 6.30. The summed E-state index contributed by atoms with van der Waals surface area (Å²) >= 11 is 5.95. The Morgan fingerprint density at radius 2 is 1.52 bits per heavy atom. The predicted octanol–water partition coefficient (Wildman–Crippen LogP) is 5.33. The van der Waals surface area contributed by atoms with Crippen molar-refractivity contribution in [3.8, 4) is 11.1 Å². The number of hydrogen-bond donors (Lipinski definition) is 3. The third-order valence-corrected chi connectivity index (χ3v) is 5.46. The van der Waals surface area contributed by atoms with Crippen molar-refractivity contribution in [2.24, 2.45) is 0 Å². The number of halogens is 1. The SMILES string of the molecule is Nc1nc(N)c(-c2ccc(NCCc3ccc(Cl)cc3)cc2)c(COCc2ccccc2)n1. The summed E-state index contributed by atoms with van der Waals surface area (Å²) in [6.07, 6.45) is 0.903. The van der Waals surface area contributed by atoms with E-state index in [1.807, 2.05) is 78.9 Å². The summed E-state index contributed by atoms with van der Waals surface area (Å²) < 4.78 is 5.88. The van der Waals surface area contributed by atoms with Gasteiger partial charge in [0.2, 0.25) is 5.95 Å². The smallest absolute Gasteiger partial charge is 0.222 e. The van der Waals surface area contributed by atoms with Crippen LogP contribution in [0, 0.1) is 0 Å². The molecule has 3 aromatic carbocycles. The maximum absolute atomic E-state index is 6.22. The molecule has 0 saturated carbocycles. The second-order valence-electron chi connectivity index (χ2n) is 7.65. The van der Waals surface area contributed by atoms with Crippen molar-refractivity contribution in [2.75, 3.05) is 23.3 Å². The molecule has 7 heteroatoms. The summed E-state index contributed by atoms with van der Waals surface area (Å²) in [6.45, 7) is 1.56. The van der Waals surface area contributed by atoms with Gasteiger partial charge < -0.3 is 21.5 Å². The van der Waals surface area contributed by atoms with Gasteiger partial charge in [0.15, 0.2) is 0 Å². The van der Waals surface area contributed by atoms with Crippen LogP contribution in [0.4, 0.5) is 17.5 Å². The zero-order chi connectivity index (χ0) is 23.0. The van der Waals surface area contributed by atoms with Crippen LogP contribution in [0.5, 0.6) is 0 Å². The van der Waals surface area contributed by atoms with E-state index in [2.05, 4.69) is 15.3 Å². The first kappa shape index (κ1) is 22.6. The lowest BCUT2D eigenvalue weighted by Crippen LogP contribution is -2.08. The van der Waals surface area contributed by atoms with Crippen LogP contribution < -0.4 is 16.8 Å². The maximum atomic E-state index is 6.22. The van der Waals surface area contributed by atoms with Gasteiger partial charge in [0, 0.05) is 22.8 Å². The molecule has 6 nitrogen and oxygen atoms in total. The molecule has 0 saturated heterocycles. The Hall–Kier alpha value is -3.61. The molecule has 0 unspecified atom stereocenters. The van der Waals surface area contributed by atoms with Gasteiger partial charge in [-0.15, -0.1) is 0 Å². The van der Waals surface area contributed by atoms with Gasteiger partial charge in [-0.2, -0.15) is 4.98 Å². The summed E-state index contributed by atoms with van der Waals surface area (Å²) in [5.74, 6) is 0.472. The van der Waals surface area contributed by atoms with Crippen LogP contribution in [0.3, 0.4) is 0 Å². The second-order valence-corrected chi connectivity index (χ2v) is 8.08. The highest BCUT2D eigenvalue weighted by Gasteiger charge is 2.14. The van der Waals surface area contributed by atoms with Crippen LogP contribution in [0.25, 0.3) is 11.1 Å². The van der Waals surface area contributed by atoms with Gasteiger partial charge >= 0.3 is 0 Å². The summed E-state index contributed by atoms with van der Waals surface area (Å²) in [5, 5.41) is 4.19. The molecule has 0 amide bonds. The summed E-state index contributed by atoms with van der Waals surface area (Å²) in [4.78, 5) is 8.54. The fourth-order valence-corrected chi connectivity index (χ4v) is 3.69. The van der Waals surface area contributed by atoms with Gasteiger partial charge in [-0.3, -0.25) is 0 Å². The lowest BCUT2D eigenvalue weighted by atomic mass is 10.0. The minimum Gasteiger partial charge on any atom is -0.385 e. The Labute approximate surface area is 198 Å². The van der Waals surface area contributed by atoms with Crippen molar-refractivity contribution in [2.45, 2.75) is 19.6 Å².